The van der Waals surface area contributed by atoms with E-state index >= 15 is 0 Å². The van der Waals surface area contributed by atoms with E-state index in [1.165, 1.54) is 12.1 Å². The van der Waals surface area contributed by atoms with Crippen LogP contribution < -0.4 is 0 Å². The molecule has 0 aliphatic rings. The first-order chi connectivity index (χ1) is 9.21. The Hall–Kier alpha value is -0.680. The van der Waals surface area contributed by atoms with Crippen LogP contribution in [-0.4, -0.2) is 4.98 Å². The lowest BCUT2D eigenvalue weighted by Crippen LogP contribution is -2.04. The van der Waals surface area contributed by atoms with Gasteiger partial charge in [-0.1, -0.05) is 58.5 Å². The lowest BCUT2D eigenvalue weighted by atomic mass is 10.0. The van der Waals surface area contributed by atoms with Gasteiger partial charge >= 0.3 is 6.18 Å². The summed E-state index contributed by atoms with van der Waals surface area (Å²) < 4.78 is 37.5. The summed E-state index contributed by atoms with van der Waals surface area (Å²) in [4.78, 5) is 3.70. The first kappa shape index (κ1) is 15.7. The van der Waals surface area contributed by atoms with Crippen molar-refractivity contribution in [2.75, 3.05) is 0 Å². The standard InChI is InChI=1S/C12H4Cl4F3N/c13-8-7(9(14)11(16)20-10(8)15)5-1-3-6(4-2-5)12(17,18)19/h1-4H. The zero-order valence-corrected chi connectivity index (χ0v) is 12.4. The van der Waals surface area contributed by atoms with Gasteiger partial charge in [0.1, 0.15) is 10.3 Å². The van der Waals surface area contributed by atoms with E-state index in [2.05, 4.69) is 4.98 Å². The van der Waals surface area contributed by atoms with Gasteiger partial charge < -0.3 is 0 Å². The summed E-state index contributed by atoms with van der Waals surface area (Å²) in [5, 5.41) is -0.0893. The second kappa shape index (κ2) is 5.60. The maximum absolute atomic E-state index is 12.5. The van der Waals surface area contributed by atoms with Crippen molar-refractivity contribution < 1.29 is 13.2 Å². The number of hydrogen-bond donors (Lipinski definition) is 0. The molecule has 0 aliphatic carbocycles. The third kappa shape index (κ3) is 2.98. The summed E-state index contributed by atoms with van der Waals surface area (Å²) >= 11 is 23.5. The Morgan fingerprint density at radius 2 is 1.25 bits per heavy atom. The minimum atomic E-state index is -4.42. The van der Waals surface area contributed by atoms with Crippen LogP contribution in [-0.2, 0) is 6.18 Å². The van der Waals surface area contributed by atoms with Gasteiger partial charge in [-0.2, -0.15) is 13.2 Å². The van der Waals surface area contributed by atoms with Crippen LogP contribution in [0.2, 0.25) is 20.4 Å². The van der Waals surface area contributed by atoms with E-state index in [1.54, 1.807) is 0 Å². The summed E-state index contributed by atoms with van der Waals surface area (Å²) in [6.07, 6.45) is -4.42. The molecule has 1 nitrogen and oxygen atoms in total. The highest BCUT2D eigenvalue weighted by Crippen LogP contribution is 2.42. The van der Waals surface area contributed by atoms with Crippen LogP contribution in [0.1, 0.15) is 5.56 Å². The highest BCUT2D eigenvalue weighted by atomic mass is 35.5. The van der Waals surface area contributed by atoms with Crippen molar-refractivity contribution in [1.29, 1.82) is 0 Å². The van der Waals surface area contributed by atoms with Crippen LogP contribution in [0.25, 0.3) is 11.1 Å². The van der Waals surface area contributed by atoms with Crippen LogP contribution in [0.15, 0.2) is 24.3 Å². The highest BCUT2D eigenvalue weighted by Gasteiger charge is 2.30. The fourth-order valence-corrected chi connectivity index (χ4v) is 2.51. The lowest BCUT2D eigenvalue weighted by molar-refractivity contribution is -0.137. The molecule has 0 amide bonds. The molecule has 1 aromatic heterocycles. The lowest BCUT2D eigenvalue weighted by Gasteiger charge is -2.11. The van der Waals surface area contributed by atoms with E-state index in [9.17, 15) is 13.2 Å². The molecule has 0 fully saturated rings. The van der Waals surface area contributed by atoms with Crippen molar-refractivity contribution in [2.24, 2.45) is 0 Å². The number of aromatic nitrogens is 1. The number of hydrogen-bond acceptors (Lipinski definition) is 1. The number of benzene rings is 1. The summed E-state index contributed by atoms with van der Waals surface area (Å²) in [6.45, 7) is 0. The van der Waals surface area contributed by atoms with Crippen molar-refractivity contribution in [1.82, 2.24) is 4.98 Å². The van der Waals surface area contributed by atoms with E-state index in [4.69, 9.17) is 46.4 Å². The summed E-state index contributed by atoms with van der Waals surface area (Å²) in [5.41, 5.74) is -0.175. The fraction of sp³-hybridized carbons (Fsp3) is 0.0833. The molecule has 1 aromatic carbocycles. The molecule has 0 N–H and O–H groups in total. The molecule has 0 radical (unpaired) electrons. The van der Waals surface area contributed by atoms with Crippen LogP contribution in [0.5, 0.6) is 0 Å². The first-order valence-corrected chi connectivity index (χ1v) is 6.60. The molecular formula is C12H4Cl4F3N. The Morgan fingerprint density at radius 3 is 1.65 bits per heavy atom. The molecule has 0 saturated carbocycles. The number of halogens is 7. The Bertz CT molecular complexity index is 627. The van der Waals surface area contributed by atoms with Crippen molar-refractivity contribution in [3.8, 4) is 11.1 Å². The summed E-state index contributed by atoms with van der Waals surface area (Å²) in [7, 11) is 0. The molecule has 2 rings (SSSR count). The van der Waals surface area contributed by atoms with E-state index in [0.29, 0.717) is 5.56 Å². The molecule has 0 spiro atoms. The molecule has 0 bridgehead atoms. The van der Waals surface area contributed by atoms with Gasteiger partial charge in [-0.15, -0.1) is 0 Å². The van der Waals surface area contributed by atoms with Crippen LogP contribution >= 0.6 is 46.4 Å². The number of nitrogens with zero attached hydrogens (tertiary/aromatic N) is 1. The summed E-state index contributed by atoms with van der Waals surface area (Å²) in [6, 6.07) is 4.32. The number of rotatable bonds is 1. The van der Waals surface area contributed by atoms with Gasteiger partial charge in [-0.3, -0.25) is 0 Å². The summed E-state index contributed by atoms with van der Waals surface area (Å²) in [5.74, 6) is 0. The van der Waals surface area contributed by atoms with Gasteiger partial charge in [0.25, 0.3) is 0 Å². The van der Waals surface area contributed by atoms with Gasteiger partial charge in [0.2, 0.25) is 0 Å². The molecule has 1 heterocycles. The monoisotopic (exact) mass is 359 g/mol. The molecule has 106 valence electrons. The molecule has 8 heteroatoms. The maximum atomic E-state index is 12.5. The van der Waals surface area contributed by atoms with E-state index in [0.717, 1.165) is 12.1 Å². The average molecular weight is 361 g/mol. The van der Waals surface area contributed by atoms with Gasteiger partial charge in [0.05, 0.1) is 15.6 Å². The van der Waals surface area contributed by atoms with Crippen LogP contribution in [0, 0.1) is 0 Å². The Kier molecular flexibility index (Phi) is 4.40. The van der Waals surface area contributed by atoms with Crippen LogP contribution in [0.3, 0.4) is 0 Å². The molecule has 2 aromatic rings. The van der Waals surface area contributed by atoms with E-state index in [-0.39, 0.29) is 25.9 Å². The zero-order valence-electron chi connectivity index (χ0n) is 9.40. The van der Waals surface area contributed by atoms with E-state index < -0.39 is 11.7 Å². The third-order valence-electron chi connectivity index (χ3n) is 2.50. The smallest absolute Gasteiger partial charge is 0.221 e. The van der Waals surface area contributed by atoms with Crippen molar-refractivity contribution in [2.45, 2.75) is 6.18 Å². The third-order valence-corrected chi connectivity index (χ3v) is 3.97. The second-order valence-corrected chi connectivity index (χ2v) is 5.24. The Balaban J connectivity index is 2.58. The minimum Gasteiger partial charge on any atom is -0.221 e. The number of pyridine rings is 1. The average Bonchev–Trinajstić information content (AvgIpc) is 2.36. The fourth-order valence-electron chi connectivity index (χ4n) is 1.57. The SMILES string of the molecule is FC(F)(F)c1ccc(-c2c(Cl)c(Cl)nc(Cl)c2Cl)cc1. The Morgan fingerprint density at radius 1 is 0.800 bits per heavy atom. The van der Waals surface area contributed by atoms with Gasteiger partial charge in [0.15, 0.2) is 0 Å². The molecule has 0 saturated heterocycles. The minimum absolute atomic E-state index is 0.0285. The normalized spacial score (nSPS) is 11.8. The van der Waals surface area contributed by atoms with Crippen LogP contribution in [0.4, 0.5) is 13.2 Å². The maximum Gasteiger partial charge on any atom is 0.416 e. The largest absolute Gasteiger partial charge is 0.416 e. The molecule has 20 heavy (non-hydrogen) atoms. The van der Waals surface area contributed by atoms with Gasteiger partial charge in [-0.05, 0) is 17.7 Å². The quantitative estimate of drug-likeness (QED) is 0.537. The predicted octanol–water partition coefficient (Wildman–Crippen LogP) is 6.38. The Labute approximate surface area is 132 Å². The number of alkyl halides is 3. The predicted molar refractivity (Wildman–Crippen MR) is 74.7 cm³/mol. The molecule has 0 aliphatic heterocycles. The zero-order chi connectivity index (χ0) is 15.1. The molecule has 0 atom stereocenters. The second-order valence-electron chi connectivity index (χ2n) is 3.77. The highest BCUT2D eigenvalue weighted by molar-refractivity contribution is 6.48. The molecular weight excluding hydrogens is 357 g/mol. The van der Waals surface area contributed by atoms with Crippen molar-refractivity contribution in [3.05, 3.63) is 50.2 Å². The van der Waals surface area contributed by atoms with Gasteiger partial charge in [-0.25, -0.2) is 4.98 Å². The first-order valence-electron chi connectivity index (χ1n) is 5.09. The topological polar surface area (TPSA) is 12.9 Å². The van der Waals surface area contributed by atoms with Crippen molar-refractivity contribution >= 4 is 46.4 Å². The van der Waals surface area contributed by atoms with Crippen molar-refractivity contribution in [3.63, 3.8) is 0 Å². The van der Waals surface area contributed by atoms with Gasteiger partial charge in [0, 0.05) is 5.56 Å². The molecule has 0 unspecified atom stereocenters. The van der Waals surface area contributed by atoms with E-state index in [1.807, 2.05) is 0 Å².